The van der Waals surface area contributed by atoms with Crippen LogP contribution in [0.1, 0.15) is 43.6 Å². The largest absolute Gasteiger partial charge is 0.388 e. The van der Waals surface area contributed by atoms with Gasteiger partial charge in [-0.25, -0.2) is 0 Å². The Bertz CT molecular complexity index is 567. The van der Waals surface area contributed by atoms with Crippen molar-refractivity contribution in [3.63, 3.8) is 0 Å². The molecule has 0 saturated carbocycles. The van der Waals surface area contributed by atoms with Gasteiger partial charge in [0, 0.05) is 11.4 Å². The summed E-state index contributed by atoms with van der Waals surface area (Å²) in [5.41, 5.74) is 3.45. The van der Waals surface area contributed by atoms with Crippen molar-refractivity contribution in [1.29, 1.82) is 0 Å². The highest BCUT2D eigenvalue weighted by atomic mass is 35.5. The molecular weight excluding hydrogens is 268 g/mol. The van der Waals surface area contributed by atoms with Crippen LogP contribution in [0.4, 0.5) is 0 Å². The molecule has 1 atom stereocenters. The minimum atomic E-state index is -0.519. The minimum Gasteiger partial charge on any atom is -0.388 e. The van der Waals surface area contributed by atoms with Crippen LogP contribution in [0.3, 0.4) is 0 Å². The molecule has 1 N–H and O–H groups in total. The first-order valence-corrected chi connectivity index (χ1v) is 7.27. The fourth-order valence-corrected chi connectivity index (χ4v) is 2.39. The Morgan fingerprint density at radius 2 is 1.70 bits per heavy atom. The van der Waals surface area contributed by atoms with E-state index >= 15 is 0 Å². The summed E-state index contributed by atoms with van der Waals surface area (Å²) < 4.78 is 0. The van der Waals surface area contributed by atoms with Crippen molar-refractivity contribution in [2.45, 2.75) is 38.7 Å². The Hall–Kier alpha value is -1.31. The molecule has 0 radical (unpaired) electrons. The summed E-state index contributed by atoms with van der Waals surface area (Å²) in [6, 6.07) is 15.9. The van der Waals surface area contributed by atoms with E-state index in [0.29, 0.717) is 11.4 Å². The molecule has 2 heteroatoms. The van der Waals surface area contributed by atoms with Crippen molar-refractivity contribution in [2.75, 3.05) is 0 Å². The molecule has 1 nitrogen and oxygen atoms in total. The Kier molecular flexibility index (Phi) is 4.52. The van der Waals surface area contributed by atoms with Gasteiger partial charge in [-0.1, -0.05) is 68.8 Å². The molecule has 106 valence electrons. The lowest BCUT2D eigenvalue weighted by molar-refractivity contribution is 0.178. The Morgan fingerprint density at radius 3 is 2.25 bits per heavy atom. The van der Waals surface area contributed by atoms with Gasteiger partial charge in [0.15, 0.2) is 0 Å². The number of halogens is 1. The summed E-state index contributed by atoms with van der Waals surface area (Å²) in [6.45, 7) is 6.59. The molecule has 0 aromatic heterocycles. The van der Waals surface area contributed by atoms with Crippen LogP contribution in [0.25, 0.3) is 0 Å². The second kappa shape index (κ2) is 5.99. The normalized spacial score (nSPS) is 13.2. The van der Waals surface area contributed by atoms with Gasteiger partial charge in [0.25, 0.3) is 0 Å². The molecule has 0 aliphatic heterocycles. The molecule has 2 aromatic rings. The number of aliphatic hydroxyl groups is 1. The van der Waals surface area contributed by atoms with Crippen LogP contribution in [0, 0.1) is 0 Å². The number of hydrogen-bond donors (Lipinski definition) is 1. The molecule has 0 saturated heterocycles. The van der Waals surface area contributed by atoms with Crippen LogP contribution in [0.2, 0.25) is 5.02 Å². The van der Waals surface area contributed by atoms with E-state index in [2.05, 4.69) is 45.0 Å². The zero-order valence-corrected chi connectivity index (χ0v) is 13.0. The summed E-state index contributed by atoms with van der Waals surface area (Å²) in [4.78, 5) is 0. The molecular formula is C18H21ClO. The summed E-state index contributed by atoms with van der Waals surface area (Å²) in [5.74, 6) is 0. The second-order valence-corrected chi connectivity index (χ2v) is 6.66. The average molecular weight is 289 g/mol. The lowest BCUT2D eigenvalue weighted by Gasteiger charge is -2.19. The SMILES string of the molecule is CC(C)(C)c1ccc(CC(O)c2cccc(Cl)c2)cc1. The Balaban J connectivity index is 2.10. The molecule has 0 amide bonds. The number of rotatable bonds is 3. The van der Waals surface area contributed by atoms with Gasteiger partial charge in [-0.3, -0.25) is 0 Å². The molecule has 20 heavy (non-hydrogen) atoms. The van der Waals surface area contributed by atoms with E-state index < -0.39 is 6.10 Å². The van der Waals surface area contributed by atoms with Gasteiger partial charge in [-0.15, -0.1) is 0 Å². The van der Waals surface area contributed by atoms with E-state index in [4.69, 9.17) is 11.6 Å². The van der Waals surface area contributed by atoms with E-state index in [1.807, 2.05) is 24.3 Å². The van der Waals surface area contributed by atoms with E-state index in [0.717, 1.165) is 11.1 Å². The van der Waals surface area contributed by atoms with Gasteiger partial charge in [0.2, 0.25) is 0 Å². The summed E-state index contributed by atoms with van der Waals surface area (Å²) in [6.07, 6.45) is 0.0827. The van der Waals surface area contributed by atoms with Crippen LogP contribution in [0.15, 0.2) is 48.5 Å². The first kappa shape index (κ1) is 15.1. The number of aliphatic hydroxyl groups excluding tert-OH is 1. The topological polar surface area (TPSA) is 20.2 Å². The molecule has 0 fully saturated rings. The van der Waals surface area contributed by atoms with Crippen LogP contribution in [-0.4, -0.2) is 5.11 Å². The lowest BCUT2D eigenvalue weighted by atomic mass is 9.86. The summed E-state index contributed by atoms with van der Waals surface area (Å²) in [5, 5.41) is 10.9. The maximum Gasteiger partial charge on any atom is 0.0830 e. The van der Waals surface area contributed by atoms with Crippen molar-refractivity contribution in [1.82, 2.24) is 0 Å². The first-order valence-electron chi connectivity index (χ1n) is 6.89. The molecule has 0 bridgehead atoms. The van der Waals surface area contributed by atoms with Gasteiger partial charge in [0.1, 0.15) is 0 Å². The van der Waals surface area contributed by atoms with Gasteiger partial charge in [-0.05, 0) is 34.2 Å². The van der Waals surface area contributed by atoms with Crippen molar-refractivity contribution in [3.05, 3.63) is 70.2 Å². The van der Waals surface area contributed by atoms with E-state index in [1.165, 1.54) is 5.56 Å². The van der Waals surface area contributed by atoms with Crippen molar-refractivity contribution in [2.24, 2.45) is 0 Å². The van der Waals surface area contributed by atoms with Crippen molar-refractivity contribution in [3.8, 4) is 0 Å². The monoisotopic (exact) mass is 288 g/mol. The zero-order chi connectivity index (χ0) is 14.8. The first-order chi connectivity index (χ1) is 9.36. The number of hydrogen-bond acceptors (Lipinski definition) is 1. The van der Waals surface area contributed by atoms with Gasteiger partial charge in [-0.2, -0.15) is 0 Å². The maximum atomic E-state index is 10.3. The summed E-state index contributed by atoms with van der Waals surface area (Å²) >= 11 is 5.95. The Morgan fingerprint density at radius 1 is 1.05 bits per heavy atom. The van der Waals surface area contributed by atoms with Gasteiger partial charge < -0.3 is 5.11 Å². The predicted octanol–water partition coefficient (Wildman–Crippen LogP) is 4.91. The smallest absolute Gasteiger partial charge is 0.0830 e. The average Bonchev–Trinajstić information content (AvgIpc) is 2.38. The highest BCUT2D eigenvalue weighted by Crippen LogP contribution is 2.25. The fraction of sp³-hybridized carbons (Fsp3) is 0.333. The lowest BCUT2D eigenvalue weighted by Crippen LogP contribution is -2.11. The highest BCUT2D eigenvalue weighted by Gasteiger charge is 2.14. The molecule has 0 aliphatic rings. The molecule has 1 unspecified atom stereocenters. The molecule has 2 rings (SSSR count). The van der Waals surface area contributed by atoms with Crippen LogP contribution < -0.4 is 0 Å². The van der Waals surface area contributed by atoms with Crippen molar-refractivity contribution >= 4 is 11.6 Å². The molecule has 0 spiro atoms. The van der Waals surface area contributed by atoms with E-state index in [9.17, 15) is 5.11 Å². The molecule has 0 heterocycles. The molecule has 0 aliphatic carbocycles. The third-order valence-electron chi connectivity index (χ3n) is 3.48. The third-order valence-corrected chi connectivity index (χ3v) is 3.72. The van der Waals surface area contributed by atoms with Crippen LogP contribution in [-0.2, 0) is 11.8 Å². The van der Waals surface area contributed by atoms with Crippen LogP contribution in [0.5, 0.6) is 0 Å². The maximum absolute atomic E-state index is 10.3. The standard InChI is InChI=1S/C18H21ClO/c1-18(2,3)15-9-7-13(8-10-15)11-17(20)14-5-4-6-16(19)12-14/h4-10,12,17,20H,11H2,1-3H3. The van der Waals surface area contributed by atoms with Gasteiger partial charge >= 0.3 is 0 Å². The third kappa shape index (κ3) is 3.84. The zero-order valence-electron chi connectivity index (χ0n) is 12.2. The quantitative estimate of drug-likeness (QED) is 0.850. The number of benzene rings is 2. The minimum absolute atomic E-state index is 0.157. The Labute approximate surface area is 126 Å². The predicted molar refractivity (Wildman–Crippen MR) is 85.3 cm³/mol. The van der Waals surface area contributed by atoms with Crippen LogP contribution >= 0.6 is 11.6 Å². The summed E-state index contributed by atoms with van der Waals surface area (Å²) in [7, 11) is 0. The van der Waals surface area contributed by atoms with E-state index in [-0.39, 0.29) is 5.41 Å². The van der Waals surface area contributed by atoms with Gasteiger partial charge in [0.05, 0.1) is 6.10 Å². The highest BCUT2D eigenvalue weighted by molar-refractivity contribution is 6.30. The van der Waals surface area contributed by atoms with Crippen molar-refractivity contribution < 1.29 is 5.11 Å². The van der Waals surface area contributed by atoms with E-state index in [1.54, 1.807) is 0 Å². The second-order valence-electron chi connectivity index (χ2n) is 6.22. The fourth-order valence-electron chi connectivity index (χ4n) is 2.20. The molecule has 2 aromatic carbocycles.